The molecule has 0 saturated heterocycles. The average Bonchev–Trinajstić information content (AvgIpc) is 2.98. The smallest absolute Gasteiger partial charge is 0.100 e. The topological polar surface area (TPSA) is 47.6 Å². The van der Waals surface area contributed by atoms with Crippen LogP contribution in [0.3, 0.4) is 0 Å². The van der Waals surface area contributed by atoms with Crippen LogP contribution in [0.2, 0.25) is 0 Å². The fraction of sp³-hybridized carbons (Fsp3) is 0. The van der Waals surface area contributed by atoms with Gasteiger partial charge in [-0.15, -0.1) is 0 Å². The quantitative estimate of drug-likeness (QED) is 0.231. The standard InChI is InChI=1S/C36H20N2/c37-21-33-25-9-1-5-13-29(25)35(30-14-6-2-10-26(30)33)23-17-19-24(20-18-23)36-31-15-7-3-11-27(31)34(22-38)28-12-4-8-16-32(28)36/h1-20H. The number of hydrogen-bond acceptors (Lipinski definition) is 2. The Hall–Kier alpha value is -5.44. The van der Waals surface area contributed by atoms with Gasteiger partial charge in [-0.1, -0.05) is 121 Å². The van der Waals surface area contributed by atoms with Gasteiger partial charge in [0.25, 0.3) is 0 Å². The maximum absolute atomic E-state index is 10.00. The zero-order valence-electron chi connectivity index (χ0n) is 20.4. The third kappa shape index (κ3) is 3.12. The van der Waals surface area contributed by atoms with Crippen molar-refractivity contribution in [2.24, 2.45) is 0 Å². The third-order valence-corrected chi connectivity index (χ3v) is 7.55. The van der Waals surface area contributed by atoms with Gasteiger partial charge in [0.15, 0.2) is 0 Å². The lowest BCUT2D eigenvalue weighted by molar-refractivity contribution is 1.51. The normalized spacial score (nSPS) is 11.1. The number of hydrogen-bond donors (Lipinski definition) is 0. The van der Waals surface area contributed by atoms with E-state index in [1.165, 1.54) is 0 Å². The van der Waals surface area contributed by atoms with Gasteiger partial charge in [0.1, 0.15) is 12.1 Å². The van der Waals surface area contributed by atoms with Crippen LogP contribution in [0.5, 0.6) is 0 Å². The molecule has 0 heterocycles. The first kappa shape index (κ1) is 21.8. The summed E-state index contributed by atoms with van der Waals surface area (Å²) >= 11 is 0. The second kappa shape index (κ2) is 8.59. The SMILES string of the molecule is N#Cc1c2ccccc2c(-c2ccc(-c3c4ccccc4c(C#N)c4ccccc34)cc2)c2ccccc12. The van der Waals surface area contributed by atoms with Crippen molar-refractivity contribution >= 4 is 43.1 Å². The molecule has 0 aliphatic rings. The highest BCUT2D eigenvalue weighted by Crippen LogP contribution is 2.42. The van der Waals surface area contributed by atoms with Crippen molar-refractivity contribution in [1.82, 2.24) is 0 Å². The highest BCUT2D eigenvalue weighted by molar-refractivity contribution is 6.18. The van der Waals surface area contributed by atoms with Crippen LogP contribution in [0.1, 0.15) is 11.1 Å². The van der Waals surface area contributed by atoms with Crippen LogP contribution >= 0.6 is 0 Å². The van der Waals surface area contributed by atoms with Crippen LogP contribution < -0.4 is 0 Å². The molecule has 0 spiro atoms. The number of nitrogens with zero attached hydrogens (tertiary/aromatic N) is 2. The van der Waals surface area contributed by atoms with E-state index < -0.39 is 0 Å². The van der Waals surface area contributed by atoms with Crippen LogP contribution in [0, 0.1) is 22.7 Å². The molecular weight excluding hydrogens is 460 g/mol. The number of fused-ring (bicyclic) bond motifs is 4. The van der Waals surface area contributed by atoms with Crippen molar-refractivity contribution in [2.75, 3.05) is 0 Å². The summed E-state index contributed by atoms with van der Waals surface area (Å²) in [5.41, 5.74) is 5.91. The summed E-state index contributed by atoms with van der Waals surface area (Å²) in [5, 5.41) is 28.2. The van der Waals surface area contributed by atoms with Crippen molar-refractivity contribution < 1.29 is 0 Å². The Kier molecular flexibility index (Phi) is 4.93. The lowest BCUT2D eigenvalue weighted by Crippen LogP contribution is -1.92. The van der Waals surface area contributed by atoms with Crippen molar-refractivity contribution in [1.29, 1.82) is 10.5 Å². The average molecular weight is 481 g/mol. The van der Waals surface area contributed by atoms with Gasteiger partial charge >= 0.3 is 0 Å². The molecule has 0 fully saturated rings. The Bertz CT molecular complexity index is 1870. The van der Waals surface area contributed by atoms with E-state index in [-0.39, 0.29) is 0 Å². The minimum atomic E-state index is 0.715. The molecular formula is C36H20N2. The summed E-state index contributed by atoms with van der Waals surface area (Å²) in [6.45, 7) is 0. The van der Waals surface area contributed by atoms with Gasteiger partial charge in [-0.2, -0.15) is 10.5 Å². The molecule has 38 heavy (non-hydrogen) atoms. The predicted molar refractivity (Wildman–Crippen MR) is 157 cm³/mol. The summed E-state index contributed by atoms with van der Waals surface area (Å²) in [6, 6.07) is 46.3. The predicted octanol–water partition coefficient (Wildman–Crippen LogP) is 9.38. The highest BCUT2D eigenvalue weighted by atomic mass is 14.3. The molecule has 0 radical (unpaired) electrons. The monoisotopic (exact) mass is 480 g/mol. The first-order valence-electron chi connectivity index (χ1n) is 12.6. The largest absolute Gasteiger partial charge is 0.192 e. The fourth-order valence-corrected chi connectivity index (χ4v) is 5.92. The van der Waals surface area contributed by atoms with Crippen molar-refractivity contribution in [3.63, 3.8) is 0 Å². The molecule has 0 saturated carbocycles. The second-order valence-corrected chi connectivity index (χ2v) is 9.48. The van der Waals surface area contributed by atoms with E-state index in [1.54, 1.807) is 0 Å². The van der Waals surface area contributed by atoms with Crippen LogP contribution in [0.4, 0.5) is 0 Å². The van der Waals surface area contributed by atoms with E-state index in [9.17, 15) is 10.5 Å². The molecule has 0 bridgehead atoms. The summed E-state index contributed by atoms with van der Waals surface area (Å²) in [6.07, 6.45) is 0. The van der Waals surface area contributed by atoms with Crippen LogP contribution in [-0.2, 0) is 0 Å². The van der Waals surface area contributed by atoms with Gasteiger partial charge in [-0.25, -0.2) is 0 Å². The van der Waals surface area contributed by atoms with Crippen LogP contribution in [-0.4, -0.2) is 0 Å². The molecule has 0 amide bonds. The Morgan fingerprint density at radius 1 is 0.316 bits per heavy atom. The maximum Gasteiger partial charge on any atom is 0.100 e. The lowest BCUT2D eigenvalue weighted by Gasteiger charge is -2.16. The van der Waals surface area contributed by atoms with Gasteiger partial charge in [0, 0.05) is 21.5 Å². The van der Waals surface area contributed by atoms with Gasteiger partial charge in [-0.3, -0.25) is 0 Å². The Morgan fingerprint density at radius 3 is 0.789 bits per heavy atom. The Balaban J connectivity index is 1.51. The van der Waals surface area contributed by atoms with E-state index in [0.29, 0.717) is 11.1 Å². The van der Waals surface area contributed by atoms with Crippen molar-refractivity contribution in [3.8, 4) is 34.4 Å². The van der Waals surface area contributed by atoms with E-state index in [0.717, 1.165) is 65.3 Å². The molecule has 7 aromatic carbocycles. The molecule has 0 aliphatic carbocycles. The van der Waals surface area contributed by atoms with Gasteiger partial charge in [0.05, 0.1) is 11.1 Å². The fourth-order valence-electron chi connectivity index (χ4n) is 5.92. The highest BCUT2D eigenvalue weighted by Gasteiger charge is 2.17. The Morgan fingerprint density at radius 2 is 0.553 bits per heavy atom. The van der Waals surface area contributed by atoms with E-state index in [2.05, 4.69) is 60.7 Å². The maximum atomic E-state index is 10.00. The second-order valence-electron chi connectivity index (χ2n) is 9.48. The molecule has 7 rings (SSSR count). The molecule has 174 valence electrons. The molecule has 0 N–H and O–H groups in total. The van der Waals surface area contributed by atoms with Gasteiger partial charge in [0.2, 0.25) is 0 Å². The summed E-state index contributed by atoms with van der Waals surface area (Å²) in [7, 11) is 0. The molecule has 2 nitrogen and oxygen atoms in total. The molecule has 0 unspecified atom stereocenters. The zero-order valence-corrected chi connectivity index (χ0v) is 20.4. The Labute approximate surface area is 220 Å². The zero-order chi connectivity index (χ0) is 25.6. The molecule has 2 heteroatoms. The van der Waals surface area contributed by atoms with Crippen LogP contribution in [0.25, 0.3) is 65.3 Å². The van der Waals surface area contributed by atoms with Gasteiger partial charge < -0.3 is 0 Å². The van der Waals surface area contributed by atoms with E-state index >= 15 is 0 Å². The molecule has 0 aromatic heterocycles. The third-order valence-electron chi connectivity index (χ3n) is 7.55. The van der Waals surface area contributed by atoms with E-state index in [1.807, 2.05) is 72.8 Å². The molecule has 7 aromatic rings. The molecule has 0 atom stereocenters. The number of rotatable bonds is 2. The minimum absolute atomic E-state index is 0.715. The first-order chi connectivity index (χ1) is 18.8. The van der Waals surface area contributed by atoms with Crippen LogP contribution in [0.15, 0.2) is 121 Å². The summed E-state index contributed by atoms with van der Waals surface area (Å²) in [4.78, 5) is 0. The number of benzene rings is 7. The summed E-state index contributed by atoms with van der Waals surface area (Å²) < 4.78 is 0. The lowest BCUT2D eigenvalue weighted by atomic mass is 9.86. The van der Waals surface area contributed by atoms with Crippen molar-refractivity contribution in [2.45, 2.75) is 0 Å². The number of nitriles is 2. The van der Waals surface area contributed by atoms with Crippen molar-refractivity contribution in [3.05, 3.63) is 132 Å². The minimum Gasteiger partial charge on any atom is -0.192 e. The van der Waals surface area contributed by atoms with Gasteiger partial charge in [-0.05, 0) is 43.8 Å². The molecule has 0 aliphatic heterocycles. The summed E-state index contributed by atoms with van der Waals surface area (Å²) in [5.74, 6) is 0. The van der Waals surface area contributed by atoms with E-state index in [4.69, 9.17) is 0 Å². The first-order valence-corrected chi connectivity index (χ1v) is 12.6.